The maximum absolute atomic E-state index is 2.34. The SMILES string of the molecule is CC.CC1=CC(C)C=C(c2ccc(C)cc2)S1. The van der Waals surface area contributed by atoms with Gasteiger partial charge in [0.15, 0.2) is 0 Å². The van der Waals surface area contributed by atoms with Crippen molar-refractivity contribution in [1.82, 2.24) is 0 Å². The molecular formula is C16H22S. The molecule has 0 N–H and O–H groups in total. The van der Waals surface area contributed by atoms with Crippen LogP contribution in [-0.4, -0.2) is 0 Å². The van der Waals surface area contributed by atoms with E-state index in [1.807, 2.05) is 25.6 Å². The summed E-state index contributed by atoms with van der Waals surface area (Å²) in [5.74, 6) is 0.558. The van der Waals surface area contributed by atoms with Gasteiger partial charge in [-0.15, -0.1) is 0 Å². The number of thioether (sulfide) groups is 1. The van der Waals surface area contributed by atoms with Gasteiger partial charge in [0.1, 0.15) is 0 Å². The van der Waals surface area contributed by atoms with Crippen molar-refractivity contribution >= 4 is 16.7 Å². The molecule has 2 rings (SSSR count). The predicted octanol–water partition coefficient (Wildman–Crippen LogP) is 5.65. The van der Waals surface area contributed by atoms with E-state index in [2.05, 4.69) is 57.2 Å². The maximum atomic E-state index is 2.34. The molecule has 1 heteroatoms. The third-order valence-corrected chi connectivity index (χ3v) is 3.57. The van der Waals surface area contributed by atoms with E-state index in [9.17, 15) is 0 Å². The van der Waals surface area contributed by atoms with Gasteiger partial charge in [0.2, 0.25) is 0 Å². The summed E-state index contributed by atoms with van der Waals surface area (Å²) < 4.78 is 0. The lowest BCUT2D eigenvalue weighted by Crippen LogP contribution is -1.93. The van der Waals surface area contributed by atoms with Gasteiger partial charge >= 0.3 is 0 Å². The third kappa shape index (κ3) is 4.08. The van der Waals surface area contributed by atoms with Crippen molar-refractivity contribution in [3.63, 3.8) is 0 Å². The van der Waals surface area contributed by atoms with E-state index in [1.165, 1.54) is 20.9 Å². The van der Waals surface area contributed by atoms with Crippen molar-refractivity contribution < 1.29 is 0 Å². The second-order valence-corrected chi connectivity index (χ2v) is 5.42. The number of allylic oxidation sites excluding steroid dienone is 3. The van der Waals surface area contributed by atoms with E-state index in [1.54, 1.807) is 0 Å². The van der Waals surface area contributed by atoms with Gasteiger partial charge in [0.25, 0.3) is 0 Å². The lowest BCUT2D eigenvalue weighted by molar-refractivity contribution is 0.937. The zero-order valence-corrected chi connectivity index (χ0v) is 12.3. The Balaban J connectivity index is 0.000000686. The Hall–Kier alpha value is -0.950. The monoisotopic (exact) mass is 246 g/mol. The van der Waals surface area contributed by atoms with Gasteiger partial charge in [-0.3, -0.25) is 0 Å². The highest BCUT2D eigenvalue weighted by molar-refractivity contribution is 8.11. The smallest absolute Gasteiger partial charge is 0.0157 e. The molecule has 0 nitrogen and oxygen atoms in total. The molecule has 1 aliphatic heterocycles. The molecule has 1 heterocycles. The molecule has 0 saturated carbocycles. The van der Waals surface area contributed by atoms with Crippen LogP contribution >= 0.6 is 11.8 Å². The lowest BCUT2D eigenvalue weighted by atomic mass is 10.1. The normalized spacial score (nSPS) is 18.8. The van der Waals surface area contributed by atoms with Gasteiger partial charge in [-0.25, -0.2) is 0 Å². The molecule has 92 valence electrons. The zero-order valence-electron chi connectivity index (χ0n) is 11.4. The molecule has 1 aromatic rings. The van der Waals surface area contributed by atoms with E-state index in [4.69, 9.17) is 0 Å². The summed E-state index contributed by atoms with van der Waals surface area (Å²) in [5.41, 5.74) is 2.66. The average molecular weight is 246 g/mol. The fourth-order valence-electron chi connectivity index (χ4n) is 1.77. The highest BCUT2D eigenvalue weighted by atomic mass is 32.2. The molecule has 1 atom stereocenters. The summed E-state index contributed by atoms with van der Waals surface area (Å²) in [7, 11) is 0. The van der Waals surface area contributed by atoms with Crippen molar-refractivity contribution in [3.05, 3.63) is 52.4 Å². The van der Waals surface area contributed by atoms with Crippen molar-refractivity contribution in [2.75, 3.05) is 0 Å². The van der Waals surface area contributed by atoms with E-state index >= 15 is 0 Å². The van der Waals surface area contributed by atoms with Crippen LogP contribution in [0.15, 0.2) is 41.3 Å². The number of hydrogen-bond donors (Lipinski definition) is 0. The van der Waals surface area contributed by atoms with Crippen molar-refractivity contribution in [2.45, 2.75) is 34.6 Å². The van der Waals surface area contributed by atoms with Crippen molar-refractivity contribution in [3.8, 4) is 0 Å². The molecule has 1 aliphatic rings. The van der Waals surface area contributed by atoms with Crippen LogP contribution in [0.25, 0.3) is 4.91 Å². The molecule has 17 heavy (non-hydrogen) atoms. The van der Waals surface area contributed by atoms with Crippen LogP contribution < -0.4 is 0 Å². The highest BCUT2D eigenvalue weighted by Crippen LogP contribution is 2.38. The first-order chi connectivity index (χ1) is 8.15. The summed E-state index contributed by atoms with van der Waals surface area (Å²) in [6, 6.07) is 8.77. The van der Waals surface area contributed by atoms with Crippen LogP contribution in [0.3, 0.4) is 0 Å². The Morgan fingerprint density at radius 1 is 0.941 bits per heavy atom. The molecule has 0 spiro atoms. The zero-order chi connectivity index (χ0) is 12.8. The summed E-state index contributed by atoms with van der Waals surface area (Å²) in [4.78, 5) is 2.79. The molecule has 0 amide bonds. The summed E-state index contributed by atoms with van der Waals surface area (Å²) in [6.07, 6.45) is 4.64. The molecule has 0 aromatic heterocycles. The lowest BCUT2D eigenvalue weighted by Gasteiger charge is -2.16. The van der Waals surface area contributed by atoms with Crippen LogP contribution in [0.5, 0.6) is 0 Å². The van der Waals surface area contributed by atoms with E-state index in [-0.39, 0.29) is 0 Å². The number of hydrogen-bond acceptors (Lipinski definition) is 1. The maximum Gasteiger partial charge on any atom is 0.0157 e. The van der Waals surface area contributed by atoms with Gasteiger partial charge in [-0.1, -0.05) is 74.5 Å². The van der Waals surface area contributed by atoms with Crippen LogP contribution in [0, 0.1) is 12.8 Å². The summed E-state index contributed by atoms with van der Waals surface area (Å²) >= 11 is 1.87. The molecule has 0 fully saturated rings. The summed E-state index contributed by atoms with van der Waals surface area (Å²) in [6.45, 7) is 10.5. The quantitative estimate of drug-likeness (QED) is 0.617. The van der Waals surface area contributed by atoms with Gasteiger partial charge in [0.05, 0.1) is 0 Å². The Bertz CT molecular complexity index is 410. The Morgan fingerprint density at radius 3 is 2.06 bits per heavy atom. The fraction of sp³-hybridized carbons (Fsp3) is 0.375. The Morgan fingerprint density at radius 2 is 1.53 bits per heavy atom. The molecular weight excluding hydrogens is 224 g/mol. The number of aryl methyl sites for hydroxylation is 1. The first-order valence-corrected chi connectivity index (χ1v) is 7.12. The van der Waals surface area contributed by atoms with Crippen LogP contribution in [0.2, 0.25) is 0 Å². The van der Waals surface area contributed by atoms with E-state index in [0.717, 1.165) is 0 Å². The van der Waals surface area contributed by atoms with Gasteiger partial charge in [-0.2, -0.15) is 0 Å². The van der Waals surface area contributed by atoms with E-state index in [0.29, 0.717) is 5.92 Å². The predicted molar refractivity (Wildman–Crippen MR) is 81.0 cm³/mol. The second-order valence-electron chi connectivity index (χ2n) is 4.14. The molecule has 1 unspecified atom stereocenters. The standard InChI is InChI=1S/C14H16S.C2H6/c1-10-4-6-13(7-5-10)14-9-11(2)8-12(3)15-14;1-2/h4-9,11H,1-3H3;1-2H3. The number of rotatable bonds is 1. The average Bonchev–Trinajstić information content (AvgIpc) is 2.31. The first-order valence-electron chi connectivity index (χ1n) is 6.30. The largest absolute Gasteiger partial charge is 0.0948 e. The van der Waals surface area contributed by atoms with Gasteiger partial charge < -0.3 is 0 Å². The fourth-order valence-corrected chi connectivity index (χ4v) is 2.94. The van der Waals surface area contributed by atoms with Crippen molar-refractivity contribution in [2.24, 2.45) is 5.92 Å². The molecule has 0 aliphatic carbocycles. The minimum Gasteiger partial charge on any atom is -0.0948 e. The van der Waals surface area contributed by atoms with Crippen molar-refractivity contribution in [1.29, 1.82) is 0 Å². The topological polar surface area (TPSA) is 0 Å². The van der Waals surface area contributed by atoms with Crippen LogP contribution in [0.1, 0.15) is 38.8 Å². The number of benzene rings is 1. The Kier molecular flexibility index (Phi) is 5.57. The van der Waals surface area contributed by atoms with Gasteiger partial charge in [-0.05, 0) is 30.2 Å². The van der Waals surface area contributed by atoms with Crippen LogP contribution in [-0.2, 0) is 0 Å². The molecule has 1 aromatic carbocycles. The minimum absolute atomic E-state index is 0.558. The highest BCUT2D eigenvalue weighted by Gasteiger charge is 2.10. The minimum atomic E-state index is 0.558. The van der Waals surface area contributed by atoms with Crippen LogP contribution in [0.4, 0.5) is 0 Å². The molecule has 0 saturated heterocycles. The summed E-state index contributed by atoms with van der Waals surface area (Å²) in [5, 5.41) is 0. The van der Waals surface area contributed by atoms with E-state index < -0.39 is 0 Å². The molecule has 0 bridgehead atoms. The van der Waals surface area contributed by atoms with Gasteiger partial charge in [0, 0.05) is 4.91 Å². The Labute approximate surface area is 110 Å². The first kappa shape index (κ1) is 14.1. The molecule has 0 radical (unpaired) electrons. The third-order valence-electron chi connectivity index (χ3n) is 2.52. The second kappa shape index (κ2) is 6.70.